The minimum atomic E-state index is -2.03. The first-order chi connectivity index (χ1) is 20.6. The molecular formula is C22H38MoN8O4S8. The van der Waals surface area contributed by atoms with E-state index < -0.39 is 18.5 Å². The third-order valence-electron chi connectivity index (χ3n) is 6.74. The molecule has 0 unspecified atom stereocenters. The summed E-state index contributed by atoms with van der Waals surface area (Å²) < 4.78 is 29.4. The Morgan fingerprint density at radius 1 is 0.535 bits per heavy atom. The van der Waals surface area contributed by atoms with Crippen LogP contribution in [-0.2, 0) is 60.0 Å². The van der Waals surface area contributed by atoms with Gasteiger partial charge in [-0.15, -0.1) is 25.3 Å². The third-order valence-corrected chi connectivity index (χ3v) is 8.08. The van der Waals surface area contributed by atoms with E-state index in [9.17, 15) is 0 Å². The van der Waals surface area contributed by atoms with E-state index in [-0.39, 0.29) is 0 Å². The average Bonchev–Trinajstić information content (AvgIpc) is 3.00. The topological polar surface area (TPSA) is 78.5 Å². The zero-order valence-electron chi connectivity index (χ0n) is 23.7. The molecule has 0 aliphatic carbocycles. The monoisotopic (exact) mass is 832 g/mol. The van der Waals surface area contributed by atoms with Crippen molar-refractivity contribution in [3.8, 4) is 0 Å². The molecule has 0 aromatic heterocycles. The molecule has 12 nitrogen and oxygen atoms in total. The number of thiocarbonyl (C=S) groups is 4. The summed E-state index contributed by atoms with van der Waals surface area (Å²) in [5.74, 6) is 0. The van der Waals surface area contributed by atoms with Gasteiger partial charge in [-0.2, -0.15) is 30.3 Å². The van der Waals surface area contributed by atoms with Gasteiger partial charge in [-0.05, 0) is 58.8 Å². The number of hydrazine groups is 6. The number of nitrogens with zero attached hydrogens (tertiary/aromatic N) is 8. The van der Waals surface area contributed by atoms with Crippen molar-refractivity contribution < 1.29 is 34.8 Å². The molecule has 0 atom stereocenters. The first-order valence-electron chi connectivity index (χ1n) is 13.8. The summed E-state index contributed by atoms with van der Waals surface area (Å²) in [6.07, 6.45) is 7.09. The summed E-state index contributed by atoms with van der Waals surface area (Å²) in [6.45, 7) is 9.44. The van der Waals surface area contributed by atoms with E-state index in [0.29, 0.717) is 43.7 Å². The summed E-state index contributed by atoms with van der Waals surface area (Å²) in [7, 11) is 0. The minimum absolute atomic E-state index is 0.355. The number of thiol groups is 2. The predicted octanol–water partition coefficient (Wildman–Crippen LogP) is 2.16. The Morgan fingerprint density at radius 3 is 1.02 bits per heavy atom. The summed E-state index contributed by atoms with van der Waals surface area (Å²) in [4.78, 5) is 0. The maximum atomic E-state index is 8.50. The molecule has 43 heavy (non-hydrogen) atoms. The van der Waals surface area contributed by atoms with Crippen LogP contribution in [-0.4, -0.2) is 137 Å². The number of ether oxygens (including phenoxy) is 2. The summed E-state index contributed by atoms with van der Waals surface area (Å²) in [5.41, 5.74) is 0. The van der Waals surface area contributed by atoms with Crippen molar-refractivity contribution in [2.75, 3.05) is 78.8 Å². The quantitative estimate of drug-likeness (QED) is 0.143. The Balaban J connectivity index is 0.000000275. The Hall–Kier alpha value is 0.748. The molecule has 4 saturated heterocycles. The molecule has 0 aromatic rings. The molecule has 4 heterocycles. The standard InChI is InChI=1S/2C11H20N4OS4.Mo.2O/c2*17-10(18)14(12-4-2-1-3-5-12)15(11(19)20)13-6-8-16-9-7-13;;;/h2*1-9H2,(H,17,18)(H,19,20);;;/q;;+2;;/p-2. The van der Waals surface area contributed by atoms with Crippen LogP contribution in [0.25, 0.3) is 0 Å². The van der Waals surface area contributed by atoms with Crippen LogP contribution in [0, 0.1) is 0 Å². The van der Waals surface area contributed by atoms with Gasteiger partial charge in [-0.25, -0.2) is 10.2 Å². The maximum absolute atomic E-state index is 8.50. The van der Waals surface area contributed by atoms with E-state index in [4.69, 9.17) is 90.4 Å². The molecule has 0 spiro atoms. The number of piperidine rings is 2. The van der Waals surface area contributed by atoms with E-state index in [1.807, 2.05) is 10.2 Å². The van der Waals surface area contributed by atoms with Gasteiger partial charge < -0.3 is 59.2 Å². The fourth-order valence-corrected chi connectivity index (χ4v) is 6.47. The summed E-state index contributed by atoms with van der Waals surface area (Å²) in [5, 5.41) is 15.8. The molecule has 0 aromatic carbocycles. The van der Waals surface area contributed by atoms with E-state index in [2.05, 4.69) is 45.3 Å². The van der Waals surface area contributed by atoms with Gasteiger partial charge >= 0.3 is 25.3 Å². The van der Waals surface area contributed by atoms with Crippen molar-refractivity contribution in [3.05, 3.63) is 0 Å². The molecule has 0 radical (unpaired) electrons. The number of hydrogen-bond donors (Lipinski definition) is 2. The van der Waals surface area contributed by atoms with Crippen molar-refractivity contribution in [2.45, 2.75) is 38.5 Å². The van der Waals surface area contributed by atoms with Crippen molar-refractivity contribution in [2.24, 2.45) is 0 Å². The van der Waals surface area contributed by atoms with Gasteiger partial charge in [0.05, 0.1) is 26.4 Å². The first-order valence-corrected chi connectivity index (χ1v) is 18.8. The molecule has 0 amide bonds. The summed E-state index contributed by atoms with van der Waals surface area (Å²) in [6, 6.07) is 0. The second kappa shape index (κ2) is 22.3. The van der Waals surface area contributed by atoms with Gasteiger partial charge in [0.1, 0.15) is 0 Å². The van der Waals surface area contributed by atoms with Gasteiger partial charge in [-0.1, -0.05) is 12.8 Å². The number of morpholine rings is 2. The first kappa shape index (κ1) is 39.9. The molecule has 4 aliphatic heterocycles. The fraction of sp³-hybridized carbons (Fsp3) is 0.818. The number of hydrogen-bond acceptors (Lipinski definition) is 14. The Labute approximate surface area is 306 Å². The van der Waals surface area contributed by atoms with Crippen molar-refractivity contribution in [3.63, 3.8) is 0 Å². The third kappa shape index (κ3) is 13.4. The van der Waals surface area contributed by atoms with Crippen LogP contribution in [0.4, 0.5) is 0 Å². The SMILES string of the molecule is S=C([S-])N(N1CCOCC1)N(C(=S)S)N1CCCCC1.S=C([S-])N(N1CCOCC1)N(C(=S)S)N1CCCCC1.[O]=[Mo+2]=[O]. The van der Waals surface area contributed by atoms with E-state index in [1.165, 1.54) is 12.8 Å². The molecule has 0 saturated carbocycles. The molecule has 244 valence electrons. The van der Waals surface area contributed by atoms with Crippen molar-refractivity contribution in [1.82, 2.24) is 40.5 Å². The normalized spacial score (nSPS) is 20.1. The molecule has 21 heteroatoms. The van der Waals surface area contributed by atoms with Crippen LogP contribution in [0.1, 0.15) is 38.5 Å². The van der Waals surface area contributed by atoms with Crippen molar-refractivity contribution in [1.29, 1.82) is 0 Å². The molecular weight excluding hydrogens is 793 g/mol. The Kier molecular flexibility index (Phi) is 20.7. The Morgan fingerprint density at radius 2 is 0.791 bits per heavy atom. The van der Waals surface area contributed by atoms with Crippen LogP contribution in [0.2, 0.25) is 0 Å². The molecule has 0 N–H and O–H groups in total. The zero-order valence-corrected chi connectivity index (χ0v) is 32.4. The van der Waals surface area contributed by atoms with Gasteiger partial charge in [0.15, 0.2) is 8.64 Å². The van der Waals surface area contributed by atoms with Crippen molar-refractivity contribution >= 4 is 117 Å². The van der Waals surface area contributed by atoms with Gasteiger partial charge in [-0.3, -0.25) is 0 Å². The van der Waals surface area contributed by atoms with Crippen LogP contribution < -0.4 is 0 Å². The zero-order chi connectivity index (χ0) is 31.8. The molecule has 4 aliphatic rings. The van der Waals surface area contributed by atoms with Gasteiger partial charge in [0.2, 0.25) is 0 Å². The fourth-order valence-electron chi connectivity index (χ4n) is 4.89. The van der Waals surface area contributed by atoms with Gasteiger partial charge in [0, 0.05) is 52.4 Å². The van der Waals surface area contributed by atoms with Crippen LogP contribution in [0.15, 0.2) is 0 Å². The van der Waals surface area contributed by atoms with E-state index in [1.54, 1.807) is 10.2 Å². The average molecular weight is 831 g/mol. The number of rotatable bonds is 4. The van der Waals surface area contributed by atoms with Crippen LogP contribution >= 0.6 is 74.1 Å². The molecule has 4 fully saturated rings. The summed E-state index contributed by atoms with van der Waals surface area (Å²) >= 11 is 38.4. The van der Waals surface area contributed by atoms with Gasteiger partial charge in [0.25, 0.3) is 0 Å². The second-order valence-electron chi connectivity index (χ2n) is 9.48. The Bertz CT molecular complexity index is 812. The predicted molar refractivity (Wildman–Crippen MR) is 187 cm³/mol. The molecule has 0 bridgehead atoms. The van der Waals surface area contributed by atoms with Crippen LogP contribution in [0.3, 0.4) is 0 Å². The van der Waals surface area contributed by atoms with E-state index >= 15 is 0 Å². The second-order valence-corrected chi connectivity index (χ2v) is 14.1. The van der Waals surface area contributed by atoms with Crippen LogP contribution in [0.5, 0.6) is 0 Å². The molecule has 4 rings (SSSR count). The van der Waals surface area contributed by atoms with E-state index in [0.717, 1.165) is 78.0 Å².